The van der Waals surface area contributed by atoms with Crippen LogP contribution in [-0.2, 0) is 9.53 Å². The molecule has 1 aromatic heterocycles. The van der Waals surface area contributed by atoms with Gasteiger partial charge in [-0.1, -0.05) is 5.92 Å². The Kier molecular flexibility index (Phi) is 3.94. The van der Waals surface area contributed by atoms with Crippen LogP contribution < -0.4 is 5.73 Å². The van der Waals surface area contributed by atoms with Crippen LogP contribution in [0, 0.1) is 25.7 Å². The fourth-order valence-electron chi connectivity index (χ4n) is 1.47. The van der Waals surface area contributed by atoms with Crippen molar-refractivity contribution in [2.24, 2.45) is 5.73 Å². The Morgan fingerprint density at radius 2 is 2.06 bits per heavy atom. The number of H-pyrrole nitrogens is 1. The van der Waals surface area contributed by atoms with E-state index in [4.69, 9.17) is 10.5 Å². The van der Waals surface area contributed by atoms with Crippen LogP contribution >= 0.6 is 0 Å². The highest BCUT2D eigenvalue weighted by Gasteiger charge is 2.17. The number of aryl methyl sites for hydroxylation is 1. The minimum Gasteiger partial charge on any atom is -0.461 e. The maximum Gasteiger partial charge on any atom is 0.355 e. The number of esters is 1. The van der Waals surface area contributed by atoms with Gasteiger partial charge in [0, 0.05) is 17.2 Å². The average Bonchev–Trinajstić information content (AvgIpc) is 2.52. The molecule has 0 aliphatic carbocycles. The van der Waals surface area contributed by atoms with Crippen molar-refractivity contribution in [3.63, 3.8) is 0 Å². The van der Waals surface area contributed by atoms with E-state index in [1.807, 2.05) is 0 Å². The first-order valence-corrected chi connectivity index (χ1v) is 5.15. The predicted octanol–water partition coefficient (Wildman–Crippen LogP) is 0.645. The number of nitrogens with two attached hydrogens (primary N) is 1. The molecule has 0 saturated carbocycles. The molecule has 3 N–H and O–H groups in total. The van der Waals surface area contributed by atoms with E-state index in [-0.39, 0.29) is 0 Å². The number of aromatic amines is 1. The van der Waals surface area contributed by atoms with Gasteiger partial charge in [-0.25, -0.2) is 4.79 Å². The molecular weight excluding hydrogens is 220 g/mol. The number of carbonyl (C=O) groups excluding carboxylic acids is 2. The summed E-state index contributed by atoms with van der Waals surface area (Å²) >= 11 is 0. The van der Waals surface area contributed by atoms with E-state index in [1.165, 1.54) is 0 Å². The van der Waals surface area contributed by atoms with Gasteiger partial charge in [-0.15, -0.1) is 0 Å². The molecule has 1 rings (SSSR count). The molecule has 1 heterocycles. The smallest absolute Gasteiger partial charge is 0.355 e. The molecule has 5 nitrogen and oxygen atoms in total. The molecule has 1 aromatic rings. The maximum atomic E-state index is 11.6. The Labute approximate surface area is 99.3 Å². The second kappa shape index (κ2) is 5.21. The van der Waals surface area contributed by atoms with Crippen molar-refractivity contribution in [2.75, 3.05) is 6.61 Å². The molecule has 0 spiro atoms. The van der Waals surface area contributed by atoms with E-state index in [0.29, 0.717) is 29.1 Å². The summed E-state index contributed by atoms with van der Waals surface area (Å²) in [6, 6.07) is 0. The summed E-state index contributed by atoms with van der Waals surface area (Å²) in [7, 11) is 0. The van der Waals surface area contributed by atoms with Gasteiger partial charge < -0.3 is 15.5 Å². The zero-order chi connectivity index (χ0) is 13.0. The molecule has 90 valence electrons. The van der Waals surface area contributed by atoms with Crippen LogP contribution in [0.5, 0.6) is 0 Å². The molecular formula is C12H14N2O3. The minimum atomic E-state index is -0.706. The van der Waals surface area contributed by atoms with Crippen LogP contribution in [0.15, 0.2) is 0 Å². The molecule has 0 fully saturated rings. The van der Waals surface area contributed by atoms with Crippen LogP contribution in [0.4, 0.5) is 0 Å². The van der Waals surface area contributed by atoms with Gasteiger partial charge in [0.1, 0.15) is 5.69 Å². The first kappa shape index (κ1) is 12.8. The van der Waals surface area contributed by atoms with Crippen molar-refractivity contribution in [1.82, 2.24) is 4.98 Å². The molecule has 1 amide bonds. The lowest BCUT2D eigenvalue weighted by Crippen LogP contribution is -2.07. The third-order valence-corrected chi connectivity index (χ3v) is 2.23. The van der Waals surface area contributed by atoms with Gasteiger partial charge in [0.2, 0.25) is 0 Å². The van der Waals surface area contributed by atoms with E-state index in [1.54, 1.807) is 20.8 Å². The first-order valence-electron chi connectivity index (χ1n) is 5.15. The summed E-state index contributed by atoms with van der Waals surface area (Å²) in [5.74, 6) is 3.74. The van der Waals surface area contributed by atoms with E-state index in [2.05, 4.69) is 16.8 Å². The van der Waals surface area contributed by atoms with Crippen molar-refractivity contribution in [3.05, 3.63) is 22.5 Å². The zero-order valence-corrected chi connectivity index (χ0v) is 10.0. The van der Waals surface area contributed by atoms with Crippen molar-refractivity contribution in [1.29, 1.82) is 0 Å². The van der Waals surface area contributed by atoms with Crippen LogP contribution in [0.2, 0.25) is 0 Å². The quantitative estimate of drug-likeness (QED) is 0.581. The second-order valence-electron chi connectivity index (χ2n) is 3.46. The lowest BCUT2D eigenvalue weighted by Gasteiger charge is -1.99. The number of ether oxygens (including phenoxy) is 1. The second-order valence-corrected chi connectivity index (χ2v) is 3.46. The van der Waals surface area contributed by atoms with Gasteiger partial charge in [-0.2, -0.15) is 0 Å². The van der Waals surface area contributed by atoms with Gasteiger partial charge in [-0.3, -0.25) is 4.79 Å². The summed E-state index contributed by atoms with van der Waals surface area (Å²) in [6.07, 6.45) is 0. The van der Waals surface area contributed by atoms with Gasteiger partial charge in [0.05, 0.1) is 6.61 Å². The summed E-state index contributed by atoms with van der Waals surface area (Å²) in [6.45, 7) is 5.54. The van der Waals surface area contributed by atoms with Crippen molar-refractivity contribution >= 4 is 11.9 Å². The van der Waals surface area contributed by atoms with Crippen LogP contribution in [0.1, 0.15) is 34.2 Å². The Balaban J connectivity index is 3.16. The van der Waals surface area contributed by atoms with Crippen molar-refractivity contribution in [2.45, 2.75) is 20.8 Å². The Hall–Kier alpha value is -2.22. The highest BCUT2D eigenvalue weighted by atomic mass is 16.5. The Morgan fingerprint density at radius 3 is 2.59 bits per heavy atom. The minimum absolute atomic E-state index is 0.304. The molecule has 0 atom stereocenters. The Morgan fingerprint density at radius 1 is 1.41 bits per heavy atom. The van der Waals surface area contributed by atoms with Gasteiger partial charge in [0.15, 0.2) is 0 Å². The fourth-order valence-corrected chi connectivity index (χ4v) is 1.47. The van der Waals surface area contributed by atoms with E-state index >= 15 is 0 Å². The third kappa shape index (κ3) is 2.88. The molecule has 0 aliphatic heterocycles. The lowest BCUT2D eigenvalue weighted by atomic mass is 10.1. The number of aromatic nitrogens is 1. The van der Waals surface area contributed by atoms with Crippen molar-refractivity contribution in [3.8, 4) is 11.8 Å². The highest BCUT2D eigenvalue weighted by molar-refractivity contribution is 5.93. The first-order chi connectivity index (χ1) is 7.97. The SMILES string of the molecule is CCOC(=O)c1[nH]c(C)c(C#CC(N)=O)c1C. The monoisotopic (exact) mass is 234 g/mol. The van der Waals surface area contributed by atoms with Crippen LogP contribution in [0.25, 0.3) is 0 Å². The maximum absolute atomic E-state index is 11.6. The Bertz CT molecular complexity index is 518. The molecule has 0 aliphatic rings. The average molecular weight is 234 g/mol. The van der Waals surface area contributed by atoms with Crippen molar-refractivity contribution < 1.29 is 14.3 Å². The number of amides is 1. The molecule has 0 radical (unpaired) electrons. The molecule has 0 unspecified atom stereocenters. The van der Waals surface area contributed by atoms with Crippen LogP contribution in [0.3, 0.4) is 0 Å². The summed E-state index contributed by atoms with van der Waals surface area (Å²) in [5, 5.41) is 0. The summed E-state index contributed by atoms with van der Waals surface area (Å²) in [5.41, 5.74) is 7.27. The third-order valence-electron chi connectivity index (χ3n) is 2.23. The number of carbonyl (C=O) groups is 2. The molecule has 5 heteroatoms. The largest absolute Gasteiger partial charge is 0.461 e. The molecule has 17 heavy (non-hydrogen) atoms. The predicted molar refractivity (Wildman–Crippen MR) is 62.3 cm³/mol. The standard InChI is InChI=1S/C12H14N2O3/c1-4-17-12(16)11-7(2)9(8(3)14-11)5-6-10(13)15/h14H,4H2,1-3H3,(H2,13,15). The normalized spacial score (nSPS) is 9.35. The fraction of sp³-hybridized carbons (Fsp3) is 0.333. The summed E-state index contributed by atoms with van der Waals surface area (Å²) < 4.78 is 4.89. The van der Waals surface area contributed by atoms with Crippen LogP contribution in [-0.4, -0.2) is 23.5 Å². The number of hydrogen-bond acceptors (Lipinski definition) is 3. The van der Waals surface area contributed by atoms with Gasteiger partial charge in [-0.05, 0) is 26.3 Å². The molecule has 0 saturated heterocycles. The summed E-state index contributed by atoms with van der Waals surface area (Å²) in [4.78, 5) is 25.1. The van der Waals surface area contributed by atoms with Gasteiger partial charge in [0.25, 0.3) is 5.91 Å². The van der Waals surface area contributed by atoms with E-state index < -0.39 is 11.9 Å². The number of primary amides is 1. The highest BCUT2D eigenvalue weighted by Crippen LogP contribution is 2.17. The lowest BCUT2D eigenvalue weighted by molar-refractivity contribution is -0.112. The van der Waals surface area contributed by atoms with E-state index in [9.17, 15) is 9.59 Å². The zero-order valence-electron chi connectivity index (χ0n) is 10.0. The number of hydrogen-bond donors (Lipinski definition) is 2. The number of nitrogens with one attached hydrogen (secondary N) is 1. The van der Waals surface area contributed by atoms with E-state index in [0.717, 1.165) is 0 Å². The molecule has 0 bridgehead atoms. The topological polar surface area (TPSA) is 85.2 Å². The number of rotatable bonds is 2. The molecule has 0 aromatic carbocycles. The van der Waals surface area contributed by atoms with Gasteiger partial charge >= 0.3 is 5.97 Å².